The molecule has 0 unspecified atom stereocenters. The van der Waals surface area contributed by atoms with Crippen molar-refractivity contribution in [3.8, 4) is 0 Å². The lowest BCUT2D eigenvalue weighted by Gasteiger charge is -2.36. The Bertz CT molecular complexity index is 522. The van der Waals surface area contributed by atoms with Crippen LogP contribution >= 0.6 is 35.7 Å². The van der Waals surface area contributed by atoms with Gasteiger partial charge in [-0.05, 0) is 43.7 Å². The molecule has 0 aromatic heterocycles. The van der Waals surface area contributed by atoms with Gasteiger partial charge in [0.25, 0.3) is 0 Å². The van der Waals surface area contributed by atoms with Gasteiger partial charge >= 0.3 is 0 Å². The van der Waals surface area contributed by atoms with Crippen LogP contribution in [-0.2, 0) is 10.2 Å². The molecule has 1 fully saturated rings. The summed E-state index contributed by atoms with van der Waals surface area (Å²) in [5, 5.41) is 6.66. The summed E-state index contributed by atoms with van der Waals surface area (Å²) >= 11 is 1.81. The number of hydrogen-bond donors (Lipinski definition) is 2. The van der Waals surface area contributed by atoms with Gasteiger partial charge < -0.3 is 15.4 Å². The Morgan fingerprint density at radius 3 is 2.52 bits per heavy atom. The lowest BCUT2D eigenvalue weighted by atomic mass is 9.74. The predicted octanol–water partition coefficient (Wildman–Crippen LogP) is 3.41. The van der Waals surface area contributed by atoms with Crippen molar-refractivity contribution in [1.82, 2.24) is 10.6 Å². The smallest absolute Gasteiger partial charge is 0.191 e. The van der Waals surface area contributed by atoms with Crippen LogP contribution in [0.5, 0.6) is 0 Å². The van der Waals surface area contributed by atoms with Crippen LogP contribution in [0.2, 0.25) is 0 Å². The number of halogens is 2. The van der Waals surface area contributed by atoms with Crippen molar-refractivity contribution in [2.24, 2.45) is 4.99 Å². The summed E-state index contributed by atoms with van der Waals surface area (Å²) in [6.45, 7) is 5.91. The molecular weight excluding hydrogens is 452 g/mol. The minimum Gasteiger partial charge on any atom is -0.381 e. The Hall–Kier alpha value is -0.540. The molecule has 0 radical (unpaired) electrons. The summed E-state index contributed by atoms with van der Waals surface area (Å²) in [4.78, 5) is 4.82. The fraction of sp³-hybridized carbons (Fsp3) is 0.611. The van der Waals surface area contributed by atoms with Crippen LogP contribution in [0, 0.1) is 5.82 Å². The van der Waals surface area contributed by atoms with Crippen LogP contribution in [0.3, 0.4) is 0 Å². The molecule has 0 saturated carbocycles. The number of benzene rings is 1. The summed E-state index contributed by atoms with van der Waals surface area (Å²) in [5.74, 6) is 1.69. The molecule has 1 saturated heterocycles. The third-order valence-corrected chi connectivity index (χ3v) is 5.00. The third kappa shape index (κ3) is 6.94. The van der Waals surface area contributed by atoms with Gasteiger partial charge in [0.1, 0.15) is 5.82 Å². The number of nitrogens with zero attached hydrogens (tertiary/aromatic N) is 1. The van der Waals surface area contributed by atoms with Crippen molar-refractivity contribution in [1.29, 1.82) is 0 Å². The number of ether oxygens (including phenoxy) is 1. The number of guanidine groups is 1. The average Bonchev–Trinajstić information content (AvgIpc) is 2.61. The maximum Gasteiger partial charge on any atom is 0.191 e. The summed E-state index contributed by atoms with van der Waals surface area (Å²) in [5.41, 5.74) is 1.07. The van der Waals surface area contributed by atoms with Crippen LogP contribution in [0.4, 0.5) is 4.39 Å². The highest BCUT2D eigenvalue weighted by Gasteiger charge is 2.34. The number of aliphatic imine (C=N–C) groups is 1. The molecule has 4 nitrogen and oxygen atoms in total. The van der Waals surface area contributed by atoms with Gasteiger partial charge in [-0.3, -0.25) is 4.99 Å². The van der Waals surface area contributed by atoms with Crippen molar-refractivity contribution in [2.45, 2.75) is 25.2 Å². The first kappa shape index (κ1) is 22.5. The van der Waals surface area contributed by atoms with Gasteiger partial charge in [0.05, 0.1) is 6.54 Å². The van der Waals surface area contributed by atoms with E-state index in [-0.39, 0.29) is 35.2 Å². The van der Waals surface area contributed by atoms with Crippen LogP contribution in [0.15, 0.2) is 29.3 Å². The molecule has 1 aromatic rings. The van der Waals surface area contributed by atoms with Crippen molar-refractivity contribution in [2.75, 3.05) is 44.9 Å². The van der Waals surface area contributed by atoms with Gasteiger partial charge in [0.15, 0.2) is 5.96 Å². The average molecular weight is 481 g/mol. The summed E-state index contributed by atoms with van der Waals surface area (Å²) < 4.78 is 18.8. The van der Waals surface area contributed by atoms with Gasteiger partial charge in [0, 0.05) is 37.5 Å². The normalized spacial score (nSPS) is 16.8. The van der Waals surface area contributed by atoms with E-state index < -0.39 is 0 Å². The van der Waals surface area contributed by atoms with Crippen LogP contribution in [-0.4, -0.2) is 50.8 Å². The predicted molar refractivity (Wildman–Crippen MR) is 116 cm³/mol. The largest absolute Gasteiger partial charge is 0.381 e. The van der Waals surface area contributed by atoms with E-state index in [1.54, 1.807) is 0 Å². The molecule has 2 N–H and O–H groups in total. The van der Waals surface area contributed by atoms with E-state index in [2.05, 4.69) is 23.8 Å². The summed E-state index contributed by atoms with van der Waals surface area (Å²) in [6.07, 6.45) is 3.91. The molecule has 1 aliphatic rings. The minimum absolute atomic E-state index is 0. The molecular formula is C18H29FIN3OS. The van der Waals surface area contributed by atoms with E-state index in [1.807, 2.05) is 23.9 Å². The quantitative estimate of drug-likeness (QED) is 0.271. The zero-order chi connectivity index (χ0) is 17.3. The van der Waals surface area contributed by atoms with Gasteiger partial charge in [-0.2, -0.15) is 11.8 Å². The minimum atomic E-state index is -0.198. The van der Waals surface area contributed by atoms with Gasteiger partial charge in [-0.25, -0.2) is 4.39 Å². The van der Waals surface area contributed by atoms with E-state index in [4.69, 9.17) is 9.73 Å². The number of thioether (sulfide) groups is 1. The van der Waals surface area contributed by atoms with Gasteiger partial charge in [0.2, 0.25) is 0 Å². The third-order valence-electron chi connectivity index (χ3n) is 4.39. The Labute approximate surface area is 171 Å². The van der Waals surface area contributed by atoms with Crippen molar-refractivity contribution in [3.63, 3.8) is 0 Å². The van der Waals surface area contributed by atoms with Crippen LogP contribution in [0.1, 0.15) is 25.3 Å². The molecule has 0 amide bonds. The molecule has 2 rings (SSSR count). The van der Waals surface area contributed by atoms with E-state index in [0.717, 1.165) is 56.4 Å². The molecule has 0 atom stereocenters. The Morgan fingerprint density at radius 2 is 1.92 bits per heavy atom. The van der Waals surface area contributed by atoms with Gasteiger partial charge in [-0.1, -0.05) is 12.1 Å². The second kappa shape index (κ2) is 12.0. The highest BCUT2D eigenvalue weighted by atomic mass is 127. The monoisotopic (exact) mass is 481 g/mol. The summed E-state index contributed by atoms with van der Waals surface area (Å²) in [6, 6.07) is 6.87. The molecule has 1 heterocycles. The first-order valence-electron chi connectivity index (χ1n) is 8.55. The lowest BCUT2D eigenvalue weighted by Crippen LogP contribution is -2.41. The fourth-order valence-corrected chi connectivity index (χ4v) is 3.25. The molecule has 0 spiro atoms. The van der Waals surface area contributed by atoms with E-state index in [1.165, 1.54) is 12.1 Å². The topological polar surface area (TPSA) is 45.7 Å². The first-order valence-corrected chi connectivity index (χ1v) is 9.94. The van der Waals surface area contributed by atoms with E-state index in [9.17, 15) is 4.39 Å². The first-order chi connectivity index (χ1) is 11.7. The Balaban J connectivity index is 0.00000312. The lowest BCUT2D eigenvalue weighted by molar-refractivity contribution is 0.0531. The Morgan fingerprint density at radius 1 is 1.24 bits per heavy atom. The second-order valence-electron chi connectivity index (χ2n) is 6.01. The Kier molecular flexibility index (Phi) is 10.8. The van der Waals surface area contributed by atoms with Crippen molar-refractivity contribution >= 4 is 41.7 Å². The number of hydrogen-bond acceptors (Lipinski definition) is 3. The highest BCUT2D eigenvalue weighted by molar-refractivity contribution is 14.0. The summed E-state index contributed by atoms with van der Waals surface area (Å²) in [7, 11) is 0. The molecule has 1 aromatic carbocycles. The van der Waals surface area contributed by atoms with Crippen molar-refractivity contribution in [3.05, 3.63) is 35.6 Å². The molecule has 7 heteroatoms. The molecule has 0 aliphatic carbocycles. The van der Waals surface area contributed by atoms with Gasteiger partial charge in [-0.15, -0.1) is 24.0 Å². The van der Waals surface area contributed by atoms with Crippen LogP contribution in [0.25, 0.3) is 0 Å². The van der Waals surface area contributed by atoms with Crippen LogP contribution < -0.4 is 10.6 Å². The second-order valence-corrected chi connectivity index (χ2v) is 7.00. The zero-order valence-corrected chi connectivity index (χ0v) is 18.2. The maximum atomic E-state index is 13.3. The molecule has 142 valence electrons. The van der Waals surface area contributed by atoms with Crippen molar-refractivity contribution < 1.29 is 9.13 Å². The fourth-order valence-electron chi connectivity index (χ4n) is 2.95. The number of rotatable bonds is 7. The van der Waals surface area contributed by atoms with E-state index in [0.29, 0.717) is 6.54 Å². The van der Waals surface area contributed by atoms with E-state index >= 15 is 0 Å². The molecule has 0 bridgehead atoms. The number of nitrogens with one attached hydrogen (secondary N) is 2. The maximum absolute atomic E-state index is 13.3. The molecule has 1 aliphatic heterocycles. The molecule has 25 heavy (non-hydrogen) atoms. The standard InChI is InChI=1S/C18H28FN3OS.HI/c1-3-20-17(21-10-13-24-2)22-14-18(8-11-23-12-9-18)15-4-6-16(19)7-5-15;/h4-7H,3,8-14H2,1-2H3,(H2,20,21,22);1H. The highest BCUT2D eigenvalue weighted by Crippen LogP contribution is 2.35. The SMILES string of the molecule is CCNC(=NCC1(c2ccc(F)cc2)CCOCC1)NCCSC.I. The zero-order valence-electron chi connectivity index (χ0n) is 15.0.